The van der Waals surface area contributed by atoms with E-state index in [2.05, 4.69) is 5.32 Å². The van der Waals surface area contributed by atoms with Crippen LogP contribution in [0.4, 0.5) is 10.1 Å². The molecule has 0 fully saturated rings. The lowest BCUT2D eigenvalue weighted by Gasteiger charge is -2.24. The van der Waals surface area contributed by atoms with Gasteiger partial charge in [0.25, 0.3) is 5.91 Å². The van der Waals surface area contributed by atoms with E-state index in [1.807, 2.05) is 0 Å². The van der Waals surface area contributed by atoms with Gasteiger partial charge in [-0.2, -0.15) is 0 Å². The molecule has 0 radical (unpaired) electrons. The van der Waals surface area contributed by atoms with Crippen LogP contribution in [-0.4, -0.2) is 17.4 Å². The molecule has 0 bridgehead atoms. The SMILES string of the molecule is CC(C)(CC(N)=O)NC(=O)c1ccc(F)c(N)c1. The van der Waals surface area contributed by atoms with Crippen LogP contribution >= 0.6 is 0 Å². The predicted octanol–water partition coefficient (Wildman–Crippen LogP) is 0.792. The number of nitrogen functional groups attached to an aromatic ring is 1. The predicted molar refractivity (Wildman–Crippen MR) is 66.2 cm³/mol. The first-order valence-corrected chi connectivity index (χ1v) is 5.37. The number of amides is 2. The molecule has 0 heterocycles. The van der Waals surface area contributed by atoms with Gasteiger partial charge in [-0.3, -0.25) is 9.59 Å². The maximum absolute atomic E-state index is 13.0. The van der Waals surface area contributed by atoms with Crippen LogP contribution in [0.5, 0.6) is 0 Å². The van der Waals surface area contributed by atoms with Crippen LogP contribution in [-0.2, 0) is 4.79 Å². The molecule has 6 heteroatoms. The normalized spacial score (nSPS) is 11.1. The van der Waals surface area contributed by atoms with Crippen LogP contribution < -0.4 is 16.8 Å². The monoisotopic (exact) mass is 253 g/mol. The van der Waals surface area contributed by atoms with E-state index >= 15 is 0 Å². The molecule has 5 N–H and O–H groups in total. The van der Waals surface area contributed by atoms with Gasteiger partial charge < -0.3 is 16.8 Å². The molecule has 0 aromatic heterocycles. The van der Waals surface area contributed by atoms with E-state index in [0.717, 1.165) is 6.07 Å². The van der Waals surface area contributed by atoms with Crippen LogP contribution in [0.3, 0.4) is 0 Å². The molecule has 0 atom stereocenters. The molecule has 5 nitrogen and oxygen atoms in total. The van der Waals surface area contributed by atoms with Crippen LogP contribution in [0.2, 0.25) is 0 Å². The first kappa shape index (κ1) is 14.0. The molecule has 0 aliphatic carbocycles. The second-order valence-corrected chi connectivity index (χ2v) is 4.72. The second kappa shape index (κ2) is 5.03. The van der Waals surface area contributed by atoms with Crippen molar-refractivity contribution in [3.05, 3.63) is 29.6 Å². The molecule has 1 rings (SSSR count). The van der Waals surface area contributed by atoms with Gasteiger partial charge in [-0.25, -0.2) is 4.39 Å². The van der Waals surface area contributed by atoms with E-state index in [9.17, 15) is 14.0 Å². The maximum atomic E-state index is 13.0. The smallest absolute Gasteiger partial charge is 0.251 e. The standard InChI is InChI=1S/C12H16FN3O2/c1-12(2,6-10(15)17)16-11(18)7-3-4-8(13)9(14)5-7/h3-5H,6,14H2,1-2H3,(H2,15,17)(H,16,18). The zero-order valence-electron chi connectivity index (χ0n) is 10.3. The van der Waals surface area contributed by atoms with Gasteiger partial charge in [0, 0.05) is 17.5 Å². The highest BCUT2D eigenvalue weighted by molar-refractivity contribution is 5.95. The van der Waals surface area contributed by atoms with Crippen molar-refractivity contribution in [1.82, 2.24) is 5.32 Å². The van der Waals surface area contributed by atoms with Crippen molar-refractivity contribution < 1.29 is 14.0 Å². The molecular weight excluding hydrogens is 237 g/mol. The maximum Gasteiger partial charge on any atom is 0.251 e. The number of halogens is 1. The van der Waals surface area contributed by atoms with Gasteiger partial charge in [-0.1, -0.05) is 0 Å². The molecule has 18 heavy (non-hydrogen) atoms. The highest BCUT2D eigenvalue weighted by atomic mass is 19.1. The minimum absolute atomic E-state index is 0.00934. The Bertz CT molecular complexity index is 486. The van der Waals surface area contributed by atoms with E-state index in [1.165, 1.54) is 12.1 Å². The summed E-state index contributed by atoms with van der Waals surface area (Å²) in [5.41, 5.74) is 9.81. The lowest BCUT2D eigenvalue weighted by Crippen LogP contribution is -2.46. The molecule has 0 aliphatic rings. The van der Waals surface area contributed by atoms with E-state index in [0.29, 0.717) is 0 Å². The van der Waals surface area contributed by atoms with Crippen LogP contribution in [0.15, 0.2) is 18.2 Å². The fourth-order valence-electron chi connectivity index (χ4n) is 1.54. The number of rotatable bonds is 4. The zero-order valence-corrected chi connectivity index (χ0v) is 10.3. The summed E-state index contributed by atoms with van der Waals surface area (Å²) in [4.78, 5) is 22.7. The summed E-state index contributed by atoms with van der Waals surface area (Å²) in [6, 6.07) is 3.68. The van der Waals surface area contributed by atoms with Crippen LogP contribution in [0.1, 0.15) is 30.6 Å². The van der Waals surface area contributed by atoms with Gasteiger partial charge in [-0.15, -0.1) is 0 Å². The number of hydrogen-bond donors (Lipinski definition) is 3. The second-order valence-electron chi connectivity index (χ2n) is 4.72. The molecule has 1 aromatic rings. The third-order valence-corrected chi connectivity index (χ3v) is 2.33. The minimum Gasteiger partial charge on any atom is -0.396 e. The Morgan fingerprint density at radius 1 is 1.39 bits per heavy atom. The number of carbonyl (C=O) groups excluding carboxylic acids is 2. The average Bonchev–Trinajstić information content (AvgIpc) is 2.19. The van der Waals surface area contributed by atoms with Crippen molar-refractivity contribution in [2.45, 2.75) is 25.8 Å². The van der Waals surface area contributed by atoms with Gasteiger partial charge in [0.05, 0.1) is 5.69 Å². The average molecular weight is 253 g/mol. The number of nitrogens with one attached hydrogen (secondary N) is 1. The molecule has 2 amide bonds. The number of primary amides is 1. The summed E-state index contributed by atoms with van der Waals surface area (Å²) in [7, 11) is 0. The van der Waals surface area contributed by atoms with Gasteiger partial charge in [0.2, 0.25) is 5.91 Å². The number of benzene rings is 1. The van der Waals surface area contributed by atoms with Crippen molar-refractivity contribution in [3.8, 4) is 0 Å². The van der Waals surface area contributed by atoms with Crippen molar-refractivity contribution in [1.29, 1.82) is 0 Å². The number of anilines is 1. The molecule has 0 saturated heterocycles. The Morgan fingerprint density at radius 3 is 2.50 bits per heavy atom. The zero-order chi connectivity index (χ0) is 13.9. The molecule has 0 aliphatic heterocycles. The third kappa shape index (κ3) is 3.73. The molecule has 1 aromatic carbocycles. The number of carbonyl (C=O) groups is 2. The first-order chi connectivity index (χ1) is 8.21. The summed E-state index contributed by atoms with van der Waals surface area (Å²) < 4.78 is 13.0. The lowest BCUT2D eigenvalue weighted by atomic mass is 9.99. The summed E-state index contributed by atoms with van der Waals surface area (Å²) >= 11 is 0. The molecule has 98 valence electrons. The van der Waals surface area contributed by atoms with E-state index in [4.69, 9.17) is 11.5 Å². The van der Waals surface area contributed by atoms with E-state index in [1.54, 1.807) is 13.8 Å². The van der Waals surface area contributed by atoms with Crippen molar-refractivity contribution in [3.63, 3.8) is 0 Å². The lowest BCUT2D eigenvalue weighted by molar-refractivity contribution is -0.119. The number of nitrogens with two attached hydrogens (primary N) is 2. The summed E-state index contributed by atoms with van der Waals surface area (Å²) in [6.07, 6.45) is 0.00934. The van der Waals surface area contributed by atoms with Crippen molar-refractivity contribution in [2.75, 3.05) is 5.73 Å². The van der Waals surface area contributed by atoms with E-state index in [-0.39, 0.29) is 17.7 Å². The quantitative estimate of drug-likeness (QED) is 0.692. The summed E-state index contributed by atoms with van der Waals surface area (Å²) in [5.74, 6) is -1.53. The fraction of sp³-hybridized carbons (Fsp3) is 0.333. The molecular formula is C12H16FN3O2. The van der Waals surface area contributed by atoms with Gasteiger partial charge in [0.15, 0.2) is 0 Å². The van der Waals surface area contributed by atoms with Crippen molar-refractivity contribution in [2.24, 2.45) is 5.73 Å². The van der Waals surface area contributed by atoms with Gasteiger partial charge in [-0.05, 0) is 32.0 Å². The van der Waals surface area contributed by atoms with Crippen LogP contribution in [0.25, 0.3) is 0 Å². The molecule has 0 saturated carbocycles. The first-order valence-electron chi connectivity index (χ1n) is 5.37. The summed E-state index contributed by atoms with van der Waals surface area (Å²) in [6.45, 7) is 3.34. The van der Waals surface area contributed by atoms with Crippen LogP contribution in [0, 0.1) is 5.82 Å². The van der Waals surface area contributed by atoms with E-state index < -0.39 is 23.2 Å². The Morgan fingerprint density at radius 2 is 2.00 bits per heavy atom. The molecule has 0 unspecified atom stereocenters. The Hall–Kier alpha value is -2.11. The van der Waals surface area contributed by atoms with Gasteiger partial charge >= 0.3 is 0 Å². The molecule has 0 spiro atoms. The highest BCUT2D eigenvalue weighted by Crippen LogP contribution is 2.14. The summed E-state index contributed by atoms with van der Waals surface area (Å²) in [5, 5.41) is 2.63. The van der Waals surface area contributed by atoms with Crippen molar-refractivity contribution >= 4 is 17.5 Å². The van der Waals surface area contributed by atoms with Gasteiger partial charge in [0.1, 0.15) is 5.82 Å². The minimum atomic E-state index is -0.772. The fourth-order valence-corrected chi connectivity index (χ4v) is 1.54. The largest absolute Gasteiger partial charge is 0.396 e. The Balaban J connectivity index is 2.82. The highest BCUT2D eigenvalue weighted by Gasteiger charge is 2.23. The third-order valence-electron chi connectivity index (χ3n) is 2.33. The Kier molecular flexibility index (Phi) is 3.90. The Labute approximate surface area is 104 Å². The topological polar surface area (TPSA) is 98.2 Å². The number of hydrogen-bond acceptors (Lipinski definition) is 3.